The highest BCUT2D eigenvalue weighted by Gasteiger charge is 2.26. The number of hydrogen-bond acceptors (Lipinski definition) is 2. The van der Waals surface area contributed by atoms with E-state index in [2.05, 4.69) is 187 Å². The second-order valence-corrected chi connectivity index (χ2v) is 16.2. The lowest BCUT2D eigenvalue weighted by Gasteiger charge is -2.29. The quantitative estimate of drug-likeness (QED) is 0.101. The van der Waals surface area contributed by atoms with Gasteiger partial charge in [-0.05, 0) is 190 Å². The van der Waals surface area contributed by atoms with Gasteiger partial charge < -0.3 is 9.80 Å². The summed E-state index contributed by atoms with van der Waals surface area (Å²) in [4.78, 5) is 4.72. The van der Waals surface area contributed by atoms with Crippen molar-refractivity contribution in [3.8, 4) is 22.3 Å². The first-order chi connectivity index (χ1) is 29.7. The summed E-state index contributed by atoms with van der Waals surface area (Å²) in [7, 11) is 0. The van der Waals surface area contributed by atoms with E-state index in [1.54, 1.807) is 0 Å². The molecular weight excluding hydrogens is 725 g/mol. The van der Waals surface area contributed by atoms with Crippen molar-refractivity contribution in [3.63, 3.8) is 0 Å². The van der Waals surface area contributed by atoms with Crippen molar-refractivity contribution in [2.24, 2.45) is 0 Å². The molecule has 0 saturated carbocycles. The minimum absolute atomic E-state index is 0.971. The van der Waals surface area contributed by atoms with E-state index in [0.29, 0.717) is 0 Å². The van der Waals surface area contributed by atoms with Crippen molar-refractivity contribution in [2.45, 2.75) is 51.4 Å². The summed E-state index contributed by atoms with van der Waals surface area (Å²) >= 11 is 0. The maximum atomic E-state index is 4.27. The van der Waals surface area contributed by atoms with Crippen LogP contribution >= 0.6 is 0 Å². The topological polar surface area (TPSA) is 6.48 Å². The molecule has 2 heteroatoms. The Hall–Kier alpha value is -6.90. The van der Waals surface area contributed by atoms with E-state index in [0.717, 1.165) is 59.8 Å². The van der Waals surface area contributed by atoms with Gasteiger partial charge in [0, 0.05) is 34.1 Å². The third-order valence-electron chi connectivity index (χ3n) is 12.7. The van der Waals surface area contributed by atoms with E-state index in [1.165, 1.54) is 91.7 Å². The second-order valence-electron chi connectivity index (χ2n) is 16.2. The van der Waals surface area contributed by atoms with Crippen LogP contribution in [0.3, 0.4) is 0 Å². The molecule has 0 bridgehead atoms. The molecule has 0 saturated heterocycles. The summed E-state index contributed by atoms with van der Waals surface area (Å²) in [6, 6.07) is 60.8. The number of benzene rings is 8. The number of fused-ring (bicyclic) bond motifs is 4. The summed E-state index contributed by atoms with van der Waals surface area (Å²) in [6.07, 6.45) is 15.2. The highest BCUT2D eigenvalue weighted by Crippen LogP contribution is 2.50. The Kier molecular flexibility index (Phi) is 10.2. The van der Waals surface area contributed by atoms with Gasteiger partial charge in [0.15, 0.2) is 0 Å². The van der Waals surface area contributed by atoms with Gasteiger partial charge >= 0.3 is 0 Å². The highest BCUT2D eigenvalue weighted by molar-refractivity contribution is 6.23. The standard InChI is InChI=1S/C58H50N2/c1-3-20-43(4-2)59(44-25-8-5-9-26-44)47-35-37-53-55(39-47)57(51-33-18-23-41-21-14-16-31-49(41)51)54-38-36-48(60(45-27-10-6-11-28-45)46-29-12-7-13-30-46)40-56(54)58(53)52-34-19-24-42-22-15-17-32-50(42)52/h3-13,18-20,23-30,33-40H,1-2,14-17,21-22,31-32H2/b43-20+. The zero-order valence-electron chi connectivity index (χ0n) is 34.3. The van der Waals surface area contributed by atoms with Gasteiger partial charge in [-0.25, -0.2) is 0 Å². The van der Waals surface area contributed by atoms with Crippen LogP contribution in [-0.2, 0) is 25.7 Å². The van der Waals surface area contributed by atoms with Crippen molar-refractivity contribution < 1.29 is 0 Å². The predicted molar refractivity (Wildman–Crippen MR) is 257 cm³/mol. The van der Waals surface area contributed by atoms with Crippen molar-refractivity contribution in [3.05, 3.63) is 223 Å². The largest absolute Gasteiger partial charge is 0.311 e. The van der Waals surface area contributed by atoms with Crippen LogP contribution in [0.5, 0.6) is 0 Å². The zero-order chi connectivity index (χ0) is 40.4. The van der Waals surface area contributed by atoms with E-state index >= 15 is 0 Å². The van der Waals surface area contributed by atoms with E-state index in [-0.39, 0.29) is 0 Å². The molecule has 0 amide bonds. The normalized spacial score (nSPS) is 13.7. The molecule has 292 valence electrons. The van der Waals surface area contributed by atoms with Gasteiger partial charge in [-0.15, -0.1) is 0 Å². The molecule has 0 fully saturated rings. The second kappa shape index (κ2) is 16.4. The Morgan fingerprint density at radius 2 is 0.883 bits per heavy atom. The minimum atomic E-state index is 0.971. The van der Waals surface area contributed by atoms with Crippen LogP contribution in [0.2, 0.25) is 0 Å². The highest BCUT2D eigenvalue weighted by atomic mass is 15.1. The molecule has 60 heavy (non-hydrogen) atoms. The Bertz CT molecular complexity index is 2870. The number of aryl methyl sites for hydroxylation is 2. The predicted octanol–water partition coefficient (Wildman–Crippen LogP) is 15.9. The lowest BCUT2D eigenvalue weighted by molar-refractivity contribution is 0.687. The minimum Gasteiger partial charge on any atom is -0.311 e. The molecule has 2 aliphatic carbocycles. The monoisotopic (exact) mass is 774 g/mol. The molecule has 2 aliphatic rings. The van der Waals surface area contributed by atoms with Gasteiger partial charge in [0.1, 0.15) is 0 Å². The van der Waals surface area contributed by atoms with Crippen LogP contribution in [0.1, 0.15) is 47.9 Å². The van der Waals surface area contributed by atoms with E-state index in [1.807, 2.05) is 18.2 Å². The molecular formula is C58H50N2. The van der Waals surface area contributed by atoms with Gasteiger partial charge in [-0.2, -0.15) is 0 Å². The maximum absolute atomic E-state index is 4.27. The number of para-hydroxylation sites is 3. The van der Waals surface area contributed by atoms with Crippen molar-refractivity contribution in [2.75, 3.05) is 9.80 Å². The first-order valence-corrected chi connectivity index (χ1v) is 21.7. The molecule has 0 aliphatic heterocycles. The van der Waals surface area contributed by atoms with Gasteiger partial charge in [0.25, 0.3) is 0 Å². The van der Waals surface area contributed by atoms with E-state index < -0.39 is 0 Å². The fraction of sp³-hybridized carbons (Fsp3) is 0.138. The van der Waals surface area contributed by atoms with Gasteiger partial charge in [-0.1, -0.05) is 122 Å². The Morgan fingerprint density at radius 3 is 1.38 bits per heavy atom. The van der Waals surface area contributed by atoms with Gasteiger partial charge in [0.2, 0.25) is 0 Å². The zero-order valence-corrected chi connectivity index (χ0v) is 34.3. The fourth-order valence-electron chi connectivity index (χ4n) is 10.1. The number of nitrogens with zero attached hydrogens (tertiary/aromatic N) is 2. The molecule has 2 nitrogen and oxygen atoms in total. The third kappa shape index (κ3) is 6.73. The van der Waals surface area contributed by atoms with Gasteiger partial charge in [-0.3, -0.25) is 0 Å². The summed E-state index contributed by atoms with van der Waals surface area (Å²) in [6.45, 7) is 8.35. The molecule has 0 N–H and O–H groups in total. The summed E-state index contributed by atoms with van der Waals surface area (Å²) in [5, 5.41) is 5.10. The number of rotatable bonds is 10. The molecule has 8 aromatic carbocycles. The Morgan fingerprint density at radius 1 is 0.417 bits per heavy atom. The fourth-order valence-corrected chi connectivity index (χ4v) is 10.1. The van der Waals surface area contributed by atoms with Gasteiger partial charge in [0.05, 0.1) is 0 Å². The SMILES string of the molecule is C=C/C=C(\C=C)N(c1ccccc1)c1ccc2c(-c3cccc4c3CCCC4)c3cc(N(c4ccccc4)c4ccccc4)ccc3c(-c3cccc4c3CCCC4)c2c1. The smallest absolute Gasteiger partial charge is 0.0468 e. The summed E-state index contributed by atoms with van der Waals surface area (Å²) < 4.78 is 0. The average Bonchev–Trinajstić information content (AvgIpc) is 3.31. The van der Waals surface area contributed by atoms with Crippen molar-refractivity contribution in [1.82, 2.24) is 0 Å². The van der Waals surface area contributed by atoms with Crippen LogP contribution in [-0.4, -0.2) is 0 Å². The van der Waals surface area contributed by atoms with Crippen LogP contribution in [0, 0.1) is 0 Å². The molecule has 0 radical (unpaired) electrons. The number of allylic oxidation sites excluding steroid dienone is 3. The van der Waals surface area contributed by atoms with Crippen LogP contribution in [0.15, 0.2) is 201 Å². The first-order valence-electron chi connectivity index (χ1n) is 21.7. The molecule has 0 spiro atoms. The Labute approximate surface area is 355 Å². The lowest BCUT2D eigenvalue weighted by Crippen LogP contribution is -2.15. The van der Waals surface area contributed by atoms with Crippen LogP contribution in [0.25, 0.3) is 43.8 Å². The summed E-state index contributed by atoms with van der Waals surface area (Å²) in [5.74, 6) is 0. The van der Waals surface area contributed by atoms with Crippen molar-refractivity contribution in [1.29, 1.82) is 0 Å². The van der Waals surface area contributed by atoms with Crippen molar-refractivity contribution >= 4 is 50.0 Å². The molecule has 8 aromatic rings. The van der Waals surface area contributed by atoms with Crippen LogP contribution < -0.4 is 9.80 Å². The van der Waals surface area contributed by atoms with E-state index in [4.69, 9.17) is 0 Å². The lowest BCUT2D eigenvalue weighted by atomic mass is 9.79. The third-order valence-corrected chi connectivity index (χ3v) is 12.7. The van der Waals surface area contributed by atoms with E-state index in [9.17, 15) is 0 Å². The molecule has 0 aromatic heterocycles. The maximum Gasteiger partial charge on any atom is 0.0468 e. The molecule has 0 heterocycles. The van der Waals surface area contributed by atoms with Crippen LogP contribution in [0.4, 0.5) is 28.4 Å². The molecule has 10 rings (SSSR count). The number of anilines is 5. The Balaban J connectivity index is 1.35. The average molecular weight is 775 g/mol. The first kappa shape index (κ1) is 37.4. The summed E-state index contributed by atoms with van der Waals surface area (Å²) in [5.41, 5.74) is 17.9. The number of hydrogen-bond donors (Lipinski definition) is 0. The molecule has 0 atom stereocenters. The molecule has 0 unspecified atom stereocenters.